The fourth-order valence-corrected chi connectivity index (χ4v) is 3.55. The third-order valence-electron chi connectivity index (χ3n) is 2.95. The van der Waals surface area contributed by atoms with Crippen LogP contribution in [0.25, 0.3) is 0 Å². The van der Waals surface area contributed by atoms with Gasteiger partial charge in [-0.2, -0.15) is 0 Å². The Labute approximate surface area is 143 Å². The summed E-state index contributed by atoms with van der Waals surface area (Å²) < 4.78 is 24.8. The standard InChI is InChI=1S/C16H25ClN2O3S/c1-15(2,3)10-16(4,5)18-14(20)11-7-8-13(12(17)9-11)19-23(6,21)22/h7-9,19H,10H2,1-6H3,(H,18,20). The first-order valence-corrected chi connectivity index (χ1v) is 9.55. The zero-order valence-corrected chi connectivity index (χ0v) is 16.0. The highest BCUT2D eigenvalue weighted by atomic mass is 35.5. The Kier molecular flexibility index (Phi) is 5.75. The van der Waals surface area contributed by atoms with Gasteiger partial charge in [0.1, 0.15) is 0 Å². The monoisotopic (exact) mass is 360 g/mol. The largest absolute Gasteiger partial charge is 0.347 e. The second kappa shape index (κ2) is 6.69. The summed E-state index contributed by atoms with van der Waals surface area (Å²) in [6.45, 7) is 10.3. The van der Waals surface area contributed by atoms with Gasteiger partial charge in [0, 0.05) is 11.1 Å². The molecule has 7 heteroatoms. The number of hydrogen-bond acceptors (Lipinski definition) is 3. The molecule has 0 fully saturated rings. The number of carbonyl (C=O) groups excluding carboxylic acids is 1. The number of halogens is 1. The van der Waals surface area contributed by atoms with Crippen LogP contribution < -0.4 is 10.0 Å². The Bertz CT molecular complexity index is 692. The number of anilines is 1. The van der Waals surface area contributed by atoms with E-state index in [-0.39, 0.29) is 27.6 Å². The Morgan fingerprint density at radius 1 is 1.17 bits per heavy atom. The smallest absolute Gasteiger partial charge is 0.251 e. The summed E-state index contributed by atoms with van der Waals surface area (Å²) >= 11 is 6.05. The van der Waals surface area contributed by atoms with Crippen molar-refractivity contribution in [3.05, 3.63) is 28.8 Å². The summed E-state index contributed by atoms with van der Waals surface area (Å²) in [5, 5.41) is 3.17. The van der Waals surface area contributed by atoms with Crippen LogP contribution in [0.1, 0.15) is 51.4 Å². The van der Waals surface area contributed by atoms with E-state index in [0.717, 1.165) is 12.7 Å². The minimum absolute atomic E-state index is 0.0810. The van der Waals surface area contributed by atoms with Crippen LogP contribution in [0.4, 0.5) is 5.69 Å². The molecule has 0 aromatic heterocycles. The molecule has 1 aromatic carbocycles. The second-order valence-electron chi connectivity index (χ2n) is 7.64. The Morgan fingerprint density at radius 2 is 1.74 bits per heavy atom. The molecule has 0 heterocycles. The van der Waals surface area contributed by atoms with Gasteiger partial charge in [-0.05, 0) is 43.9 Å². The van der Waals surface area contributed by atoms with E-state index in [0.29, 0.717) is 5.56 Å². The molecular formula is C16H25ClN2O3S. The molecule has 0 spiro atoms. The van der Waals surface area contributed by atoms with E-state index in [1.807, 2.05) is 13.8 Å². The van der Waals surface area contributed by atoms with Crippen molar-refractivity contribution in [3.63, 3.8) is 0 Å². The van der Waals surface area contributed by atoms with Crippen molar-refractivity contribution in [3.8, 4) is 0 Å². The van der Waals surface area contributed by atoms with E-state index >= 15 is 0 Å². The molecule has 1 aromatic rings. The van der Waals surface area contributed by atoms with Gasteiger partial charge < -0.3 is 5.32 Å². The minimum Gasteiger partial charge on any atom is -0.347 e. The lowest BCUT2D eigenvalue weighted by Gasteiger charge is -2.33. The average molecular weight is 361 g/mol. The lowest BCUT2D eigenvalue weighted by molar-refractivity contribution is 0.0891. The van der Waals surface area contributed by atoms with Gasteiger partial charge in [-0.3, -0.25) is 9.52 Å². The lowest BCUT2D eigenvalue weighted by atomic mass is 9.81. The Balaban J connectivity index is 2.91. The Hall–Kier alpha value is -1.27. The number of amides is 1. The zero-order chi connectivity index (χ0) is 18.1. The number of hydrogen-bond donors (Lipinski definition) is 2. The van der Waals surface area contributed by atoms with E-state index in [1.54, 1.807) is 6.07 Å². The van der Waals surface area contributed by atoms with Gasteiger partial charge in [-0.25, -0.2) is 8.42 Å². The predicted molar refractivity (Wildman–Crippen MR) is 95.5 cm³/mol. The Morgan fingerprint density at radius 3 is 2.17 bits per heavy atom. The lowest BCUT2D eigenvalue weighted by Crippen LogP contribution is -2.45. The summed E-state index contributed by atoms with van der Waals surface area (Å²) in [5.74, 6) is -0.243. The summed E-state index contributed by atoms with van der Waals surface area (Å²) in [6, 6.07) is 4.48. The number of nitrogens with one attached hydrogen (secondary N) is 2. The van der Waals surface area contributed by atoms with Gasteiger partial charge in [0.15, 0.2) is 0 Å². The normalized spacial score (nSPS) is 12.8. The van der Waals surface area contributed by atoms with E-state index in [9.17, 15) is 13.2 Å². The van der Waals surface area contributed by atoms with Crippen LogP contribution in [0.2, 0.25) is 5.02 Å². The van der Waals surface area contributed by atoms with Crippen LogP contribution in [0.15, 0.2) is 18.2 Å². The van der Waals surface area contributed by atoms with Crippen molar-refractivity contribution in [2.45, 2.75) is 46.6 Å². The first kappa shape index (κ1) is 19.8. The van der Waals surface area contributed by atoms with Gasteiger partial charge in [0.25, 0.3) is 5.91 Å². The maximum atomic E-state index is 12.4. The number of rotatable bonds is 5. The van der Waals surface area contributed by atoms with Crippen LogP contribution in [-0.4, -0.2) is 26.1 Å². The quantitative estimate of drug-likeness (QED) is 0.841. The zero-order valence-electron chi connectivity index (χ0n) is 14.5. The van der Waals surface area contributed by atoms with Crippen LogP contribution in [0.5, 0.6) is 0 Å². The van der Waals surface area contributed by atoms with Crippen molar-refractivity contribution in [2.24, 2.45) is 5.41 Å². The molecule has 1 rings (SSSR count). The summed E-state index contributed by atoms with van der Waals surface area (Å²) in [4.78, 5) is 12.4. The van der Waals surface area contributed by atoms with Gasteiger partial charge >= 0.3 is 0 Å². The van der Waals surface area contributed by atoms with Crippen molar-refractivity contribution >= 4 is 33.2 Å². The summed E-state index contributed by atoms with van der Waals surface area (Å²) in [7, 11) is -3.42. The number of carbonyl (C=O) groups is 1. The third-order valence-corrected chi connectivity index (χ3v) is 3.85. The fourth-order valence-electron chi connectivity index (χ4n) is 2.69. The third kappa shape index (κ3) is 7.22. The second-order valence-corrected chi connectivity index (χ2v) is 9.80. The maximum absolute atomic E-state index is 12.4. The van der Waals surface area contributed by atoms with Crippen molar-refractivity contribution in [1.29, 1.82) is 0 Å². The minimum atomic E-state index is -3.42. The number of sulfonamides is 1. The highest BCUT2D eigenvalue weighted by Crippen LogP contribution is 2.28. The highest BCUT2D eigenvalue weighted by Gasteiger charge is 2.27. The van der Waals surface area contributed by atoms with Crippen LogP contribution in [0, 0.1) is 5.41 Å². The molecule has 0 radical (unpaired) electrons. The molecule has 1 amide bonds. The summed E-state index contributed by atoms with van der Waals surface area (Å²) in [5.41, 5.74) is 0.346. The van der Waals surface area contributed by atoms with Gasteiger partial charge in [0.2, 0.25) is 10.0 Å². The molecule has 0 bridgehead atoms. The molecule has 0 saturated heterocycles. The van der Waals surface area contributed by atoms with Crippen molar-refractivity contribution in [2.75, 3.05) is 11.0 Å². The molecule has 0 saturated carbocycles. The molecule has 23 heavy (non-hydrogen) atoms. The van der Waals surface area contributed by atoms with E-state index in [4.69, 9.17) is 11.6 Å². The summed E-state index contributed by atoms with van der Waals surface area (Å²) in [6.07, 6.45) is 1.85. The molecule has 0 aliphatic rings. The fraction of sp³-hybridized carbons (Fsp3) is 0.562. The topological polar surface area (TPSA) is 75.3 Å². The van der Waals surface area contributed by atoms with Gasteiger partial charge in [0.05, 0.1) is 17.0 Å². The molecule has 0 aliphatic heterocycles. The first-order chi connectivity index (χ1) is 10.2. The molecule has 0 aliphatic carbocycles. The first-order valence-electron chi connectivity index (χ1n) is 7.28. The van der Waals surface area contributed by atoms with E-state index in [2.05, 4.69) is 30.8 Å². The molecule has 0 atom stereocenters. The van der Waals surface area contributed by atoms with Gasteiger partial charge in [-0.15, -0.1) is 0 Å². The highest BCUT2D eigenvalue weighted by molar-refractivity contribution is 7.92. The van der Waals surface area contributed by atoms with Crippen molar-refractivity contribution < 1.29 is 13.2 Å². The average Bonchev–Trinajstić information content (AvgIpc) is 2.25. The van der Waals surface area contributed by atoms with Crippen LogP contribution in [0.3, 0.4) is 0 Å². The maximum Gasteiger partial charge on any atom is 0.251 e. The predicted octanol–water partition coefficient (Wildman–Crippen LogP) is 3.66. The molecule has 0 unspecified atom stereocenters. The molecule has 2 N–H and O–H groups in total. The van der Waals surface area contributed by atoms with E-state index in [1.165, 1.54) is 12.1 Å². The van der Waals surface area contributed by atoms with E-state index < -0.39 is 10.0 Å². The van der Waals surface area contributed by atoms with Crippen LogP contribution >= 0.6 is 11.6 Å². The molecular weight excluding hydrogens is 336 g/mol. The SMILES string of the molecule is CC(C)(C)CC(C)(C)NC(=O)c1ccc(NS(C)(=O)=O)c(Cl)c1. The number of benzene rings is 1. The van der Waals surface area contributed by atoms with Gasteiger partial charge in [-0.1, -0.05) is 32.4 Å². The molecule has 130 valence electrons. The molecule has 5 nitrogen and oxygen atoms in total. The van der Waals surface area contributed by atoms with Crippen LogP contribution in [-0.2, 0) is 10.0 Å². The van der Waals surface area contributed by atoms with Crippen molar-refractivity contribution in [1.82, 2.24) is 5.32 Å².